The standard InChI is InChI=1S/C17H26F2N2/c1-3-20-17(14-9-15(18)11-16(19)10-14)6-8-21-7-4-5-13(2)12-21/h9-11,13,17,20H,3-8,12H2,1-2H3. The molecule has 1 aliphatic rings. The maximum Gasteiger partial charge on any atom is 0.126 e. The zero-order valence-electron chi connectivity index (χ0n) is 13.0. The lowest BCUT2D eigenvalue weighted by Crippen LogP contribution is -2.36. The van der Waals surface area contributed by atoms with Crippen molar-refractivity contribution in [1.82, 2.24) is 10.2 Å². The SMILES string of the molecule is CCNC(CCN1CCCC(C)C1)c1cc(F)cc(F)c1. The van der Waals surface area contributed by atoms with E-state index in [0.717, 1.165) is 44.6 Å². The Kier molecular flexibility index (Phi) is 6.12. The van der Waals surface area contributed by atoms with Gasteiger partial charge in [-0.3, -0.25) is 0 Å². The highest BCUT2D eigenvalue weighted by Crippen LogP contribution is 2.22. The first-order chi connectivity index (χ1) is 10.1. The van der Waals surface area contributed by atoms with Crippen molar-refractivity contribution in [1.29, 1.82) is 0 Å². The number of nitrogens with one attached hydrogen (secondary N) is 1. The van der Waals surface area contributed by atoms with E-state index in [-0.39, 0.29) is 6.04 Å². The Balaban J connectivity index is 1.98. The van der Waals surface area contributed by atoms with Crippen LogP contribution in [0.2, 0.25) is 0 Å². The molecule has 118 valence electrons. The van der Waals surface area contributed by atoms with Crippen molar-refractivity contribution in [3.05, 3.63) is 35.4 Å². The van der Waals surface area contributed by atoms with Crippen LogP contribution in [-0.2, 0) is 0 Å². The van der Waals surface area contributed by atoms with Crippen molar-refractivity contribution < 1.29 is 8.78 Å². The summed E-state index contributed by atoms with van der Waals surface area (Å²) in [5.41, 5.74) is 0.708. The van der Waals surface area contributed by atoms with E-state index in [1.807, 2.05) is 6.92 Å². The molecular weight excluding hydrogens is 270 g/mol. The molecule has 2 unspecified atom stereocenters. The van der Waals surface area contributed by atoms with E-state index in [1.54, 1.807) is 0 Å². The molecule has 0 aliphatic carbocycles. The van der Waals surface area contributed by atoms with Crippen LogP contribution in [0.1, 0.15) is 44.7 Å². The highest BCUT2D eigenvalue weighted by Gasteiger charge is 2.19. The van der Waals surface area contributed by atoms with Gasteiger partial charge in [-0.25, -0.2) is 8.78 Å². The lowest BCUT2D eigenvalue weighted by Gasteiger charge is -2.32. The largest absolute Gasteiger partial charge is 0.310 e. The molecule has 4 heteroatoms. The Morgan fingerprint density at radius 1 is 1.29 bits per heavy atom. The number of likely N-dealkylation sites (tertiary alicyclic amines) is 1. The van der Waals surface area contributed by atoms with Crippen LogP contribution in [0.5, 0.6) is 0 Å². The predicted octanol–water partition coefficient (Wildman–Crippen LogP) is 3.74. The summed E-state index contributed by atoms with van der Waals surface area (Å²) in [6.45, 7) is 8.35. The average molecular weight is 296 g/mol. The van der Waals surface area contributed by atoms with Gasteiger partial charge in [-0.05, 0) is 62.5 Å². The van der Waals surface area contributed by atoms with E-state index in [1.165, 1.54) is 25.0 Å². The van der Waals surface area contributed by atoms with Crippen LogP contribution in [0.3, 0.4) is 0 Å². The van der Waals surface area contributed by atoms with Gasteiger partial charge in [0.15, 0.2) is 0 Å². The molecule has 0 amide bonds. The number of piperidine rings is 1. The Bertz CT molecular complexity index is 430. The fraction of sp³-hybridized carbons (Fsp3) is 0.647. The molecule has 0 bridgehead atoms. The van der Waals surface area contributed by atoms with Crippen molar-refractivity contribution in [3.8, 4) is 0 Å². The second-order valence-corrected chi connectivity index (χ2v) is 6.15. The van der Waals surface area contributed by atoms with Gasteiger partial charge in [0, 0.05) is 18.7 Å². The maximum atomic E-state index is 13.4. The maximum absolute atomic E-state index is 13.4. The van der Waals surface area contributed by atoms with Gasteiger partial charge in [0.2, 0.25) is 0 Å². The summed E-state index contributed by atoms with van der Waals surface area (Å²) in [4.78, 5) is 2.47. The number of halogens is 2. The first kappa shape index (κ1) is 16.4. The molecule has 1 fully saturated rings. The summed E-state index contributed by atoms with van der Waals surface area (Å²) < 4.78 is 26.8. The van der Waals surface area contributed by atoms with E-state index in [9.17, 15) is 8.78 Å². The summed E-state index contributed by atoms with van der Waals surface area (Å²) >= 11 is 0. The third-order valence-corrected chi connectivity index (χ3v) is 4.21. The number of hydrogen-bond acceptors (Lipinski definition) is 2. The normalized spacial score (nSPS) is 21.4. The molecule has 1 saturated heterocycles. The molecule has 2 atom stereocenters. The lowest BCUT2D eigenvalue weighted by atomic mass is 9.98. The predicted molar refractivity (Wildman–Crippen MR) is 82.2 cm³/mol. The van der Waals surface area contributed by atoms with Crippen molar-refractivity contribution >= 4 is 0 Å². The summed E-state index contributed by atoms with van der Waals surface area (Å²) in [6.07, 6.45) is 3.44. The smallest absolute Gasteiger partial charge is 0.126 e. The molecule has 0 radical (unpaired) electrons. The van der Waals surface area contributed by atoms with Gasteiger partial charge in [0.25, 0.3) is 0 Å². The summed E-state index contributed by atoms with van der Waals surface area (Å²) in [5.74, 6) is -0.248. The third-order valence-electron chi connectivity index (χ3n) is 4.21. The molecule has 1 aromatic carbocycles. The second kappa shape index (κ2) is 7.85. The molecule has 0 aromatic heterocycles. The Morgan fingerprint density at radius 2 is 2.00 bits per heavy atom. The molecule has 1 N–H and O–H groups in total. The minimum atomic E-state index is -0.500. The van der Waals surface area contributed by atoms with Crippen LogP contribution in [0.15, 0.2) is 18.2 Å². The van der Waals surface area contributed by atoms with Crippen molar-refractivity contribution in [3.63, 3.8) is 0 Å². The van der Waals surface area contributed by atoms with E-state index in [4.69, 9.17) is 0 Å². The lowest BCUT2D eigenvalue weighted by molar-refractivity contribution is 0.176. The molecule has 1 heterocycles. The minimum absolute atomic E-state index is 0.0115. The van der Waals surface area contributed by atoms with Gasteiger partial charge in [0.05, 0.1) is 0 Å². The second-order valence-electron chi connectivity index (χ2n) is 6.15. The molecule has 0 saturated carbocycles. The number of nitrogens with zero attached hydrogens (tertiary/aromatic N) is 1. The van der Waals surface area contributed by atoms with Crippen LogP contribution in [0.25, 0.3) is 0 Å². The van der Waals surface area contributed by atoms with Gasteiger partial charge >= 0.3 is 0 Å². The third kappa shape index (κ3) is 5.04. The molecule has 1 aromatic rings. The van der Waals surface area contributed by atoms with Crippen molar-refractivity contribution in [2.75, 3.05) is 26.2 Å². The quantitative estimate of drug-likeness (QED) is 0.860. The fourth-order valence-electron chi connectivity index (χ4n) is 3.21. The van der Waals surface area contributed by atoms with Crippen LogP contribution < -0.4 is 5.32 Å². The van der Waals surface area contributed by atoms with Crippen molar-refractivity contribution in [2.45, 2.75) is 39.2 Å². The van der Waals surface area contributed by atoms with E-state index < -0.39 is 11.6 Å². The minimum Gasteiger partial charge on any atom is -0.310 e. The van der Waals surface area contributed by atoms with Crippen LogP contribution in [0, 0.1) is 17.6 Å². The Morgan fingerprint density at radius 3 is 2.62 bits per heavy atom. The van der Waals surface area contributed by atoms with Crippen LogP contribution in [0.4, 0.5) is 8.78 Å². The zero-order valence-corrected chi connectivity index (χ0v) is 13.0. The zero-order chi connectivity index (χ0) is 15.2. The number of hydrogen-bond donors (Lipinski definition) is 1. The molecule has 1 aliphatic heterocycles. The van der Waals surface area contributed by atoms with Gasteiger partial charge in [0.1, 0.15) is 11.6 Å². The average Bonchev–Trinajstić information content (AvgIpc) is 2.42. The Hall–Kier alpha value is -1.00. The van der Waals surface area contributed by atoms with Gasteiger partial charge in [-0.15, -0.1) is 0 Å². The summed E-state index contributed by atoms with van der Waals surface area (Å²) in [7, 11) is 0. The first-order valence-electron chi connectivity index (χ1n) is 8.00. The fourth-order valence-corrected chi connectivity index (χ4v) is 3.21. The van der Waals surface area contributed by atoms with Crippen LogP contribution >= 0.6 is 0 Å². The number of benzene rings is 1. The highest BCUT2D eigenvalue weighted by atomic mass is 19.1. The molecule has 0 spiro atoms. The summed E-state index contributed by atoms with van der Waals surface area (Å²) in [5, 5.41) is 3.34. The molecular formula is C17H26F2N2. The van der Waals surface area contributed by atoms with Gasteiger partial charge in [-0.2, -0.15) is 0 Å². The summed E-state index contributed by atoms with van der Waals surface area (Å²) in [6, 6.07) is 3.82. The van der Waals surface area contributed by atoms with Gasteiger partial charge in [-0.1, -0.05) is 13.8 Å². The molecule has 21 heavy (non-hydrogen) atoms. The topological polar surface area (TPSA) is 15.3 Å². The molecule has 2 nitrogen and oxygen atoms in total. The van der Waals surface area contributed by atoms with E-state index in [2.05, 4.69) is 17.1 Å². The van der Waals surface area contributed by atoms with Crippen LogP contribution in [-0.4, -0.2) is 31.1 Å². The highest BCUT2D eigenvalue weighted by molar-refractivity contribution is 5.21. The Labute approximate surface area is 126 Å². The number of rotatable bonds is 6. The van der Waals surface area contributed by atoms with Crippen molar-refractivity contribution in [2.24, 2.45) is 5.92 Å². The monoisotopic (exact) mass is 296 g/mol. The molecule has 2 rings (SSSR count). The van der Waals surface area contributed by atoms with Gasteiger partial charge < -0.3 is 10.2 Å². The first-order valence-corrected chi connectivity index (χ1v) is 8.00. The van der Waals surface area contributed by atoms with E-state index >= 15 is 0 Å². The van der Waals surface area contributed by atoms with E-state index in [0.29, 0.717) is 5.56 Å².